The van der Waals surface area contributed by atoms with Crippen molar-refractivity contribution in [2.24, 2.45) is 10.8 Å². The van der Waals surface area contributed by atoms with Crippen molar-refractivity contribution in [2.45, 2.75) is 6.54 Å². The van der Waals surface area contributed by atoms with Crippen molar-refractivity contribution in [3.05, 3.63) is 54.5 Å². The van der Waals surface area contributed by atoms with E-state index in [4.69, 9.17) is 10.3 Å². The minimum atomic E-state index is 0.581. The molecule has 0 bridgehead atoms. The number of hydrogen-bond donors (Lipinski definition) is 2. The van der Waals surface area contributed by atoms with Gasteiger partial charge in [0.15, 0.2) is 0 Å². The Hall–Kier alpha value is -2.27. The van der Waals surface area contributed by atoms with Gasteiger partial charge in [-0.2, -0.15) is 0 Å². The maximum atomic E-state index is 5.50. The summed E-state index contributed by atoms with van der Waals surface area (Å²) in [6.07, 6.45) is 1.65. The highest BCUT2D eigenvalue weighted by atomic mass is 16.3. The van der Waals surface area contributed by atoms with Gasteiger partial charge in [-0.15, -0.1) is 0 Å². The zero-order valence-corrected chi connectivity index (χ0v) is 10.2. The van der Waals surface area contributed by atoms with Crippen LogP contribution in [0, 0.1) is 0 Å². The summed E-state index contributed by atoms with van der Waals surface area (Å²) in [5.74, 6) is 6.93. The number of benzene rings is 1. The Bertz CT molecular complexity index is 493. The smallest absolute Gasteiger partial charge is 0.213 e. The second kappa shape index (κ2) is 5.88. The minimum Gasteiger partial charge on any atom is -0.467 e. The molecular weight excluding hydrogens is 228 g/mol. The number of para-hydroxylation sites is 1. The van der Waals surface area contributed by atoms with Crippen LogP contribution in [0.2, 0.25) is 0 Å². The topological polar surface area (TPSA) is 66.8 Å². The van der Waals surface area contributed by atoms with Gasteiger partial charge in [0.05, 0.1) is 18.5 Å². The zero-order chi connectivity index (χ0) is 12.8. The summed E-state index contributed by atoms with van der Waals surface area (Å²) >= 11 is 0. The highest BCUT2D eigenvalue weighted by Gasteiger charge is 2.07. The molecule has 18 heavy (non-hydrogen) atoms. The van der Waals surface area contributed by atoms with Gasteiger partial charge >= 0.3 is 0 Å². The van der Waals surface area contributed by atoms with Gasteiger partial charge in [0.1, 0.15) is 5.76 Å². The maximum Gasteiger partial charge on any atom is 0.213 e. The van der Waals surface area contributed by atoms with Gasteiger partial charge in [0.25, 0.3) is 0 Å². The Balaban J connectivity index is 2.10. The molecule has 0 aliphatic heterocycles. The number of nitrogens with two attached hydrogens (primary N) is 1. The van der Waals surface area contributed by atoms with Crippen LogP contribution in [0.5, 0.6) is 0 Å². The van der Waals surface area contributed by atoms with Gasteiger partial charge in [0.2, 0.25) is 5.96 Å². The number of guanidine groups is 1. The summed E-state index contributed by atoms with van der Waals surface area (Å²) in [6.45, 7) is 0.600. The fraction of sp³-hybridized carbons (Fsp3) is 0.154. The lowest BCUT2D eigenvalue weighted by atomic mass is 10.3. The van der Waals surface area contributed by atoms with Crippen molar-refractivity contribution < 1.29 is 4.42 Å². The van der Waals surface area contributed by atoms with Crippen molar-refractivity contribution in [3.8, 4) is 0 Å². The number of aliphatic imine (C=N–C) groups is 1. The number of hydrogen-bond acceptors (Lipinski definition) is 3. The molecule has 1 aromatic carbocycles. The van der Waals surface area contributed by atoms with Crippen molar-refractivity contribution in [1.29, 1.82) is 0 Å². The fourth-order valence-electron chi connectivity index (χ4n) is 1.56. The monoisotopic (exact) mass is 244 g/mol. The second-order valence-electron chi connectivity index (χ2n) is 3.85. The summed E-state index contributed by atoms with van der Waals surface area (Å²) < 4.78 is 5.28. The lowest BCUT2D eigenvalue weighted by Gasteiger charge is -2.19. The molecule has 0 saturated carbocycles. The van der Waals surface area contributed by atoms with E-state index in [1.54, 1.807) is 6.26 Å². The van der Waals surface area contributed by atoms with Crippen LogP contribution < -0.4 is 11.3 Å². The molecular formula is C13H16N4O. The molecule has 1 heterocycles. The summed E-state index contributed by atoms with van der Waals surface area (Å²) in [4.78, 5) is 6.30. The molecule has 0 aliphatic carbocycles. The quantitative estimate of drug-likeness (QED) is 0.374. The van der Waals surface area contributed by atoms with Gasteiger partial charge in [-0.05, 0) is 24.3 Å². The molecule has 2 rings (SSSR count). The van der Waals surface area contributed by atoms with E-state index in [1.165, 1.54) is 0 Å². The van der Waals surface area contributed by atoms with E-state index in [1.807, 2.05) is 54.4 Å². The van der Waals surface area contributed by atoms with Crippen LogP contribution in [-0.2, 0) is 6.54 Å². The normalized spacial score (nSPS) is 11.3. The van der Waals surface area contributed by atoms with Crippen molar-refractivity contribution in [2.75, 3.05) is 7.05 Å². The molecule has 0 fully saturated rings. The number of rotatable bonds is 3. The van der Waals surface area contributed by atoms with E-state index in [0.29, 0.717) is 12.5 Å². The molecule has 0 atom stereocenters. The maximum absolute atomic E-state index is 5.50. The fourth-order valence-corrected chi connectivity index (χ4v) is 1.56. The van der Waals surface area contributed by atoms with E-state index < -0.39 is 0 Å². The third-order valence-corrected chi connectivity index (χ3v) is 2.45. The molecule has 0 saturated heterocycles. The molecule has 0 spiro atoms. The Labute approximate surface area is 106 Å². The number of nitrogens with one attached hydrogen (secondary N) is 1. The predicted molar refractivity (Wildman–Crippen MR) is 71.0 cm³/mol. The van der Waals surface area contributed by atoms with Crippen LogP contribution in [0.1, 0.15) is 5.76 Å². The number of furan rings is 1. The first-order valence-corrected chi connectivity index (χ1v) is 5.63. The standard InChI is InChI=1S/C13H16N4O/c1-17(10-12-8-5-9-18-12)13(16-14)15-11-6-3-2-4-7-11/h2-9H,10,14H2,1H3,(H,15,16). The van der Waals surface area contributed by atoms with Crippen molar-refractivity contribution >= 4 is 11.6 Å². The number of nitrogens with zero attached hydrogens (tertiary/aromatic N) is 2. The Morgan fingerprint density at radius 2 is 2.06 bits per heavy atom. The molecule has 3 N–H and O–H groups in total. The van der Waals surface area contributed by atoms with Gasteiger partial charge < -0.3 is 9.32 Å². The Morgan fingerprint density at radius 3 is 2.67 bits per heavy atom. The summed E-state index contributed by atoms with van der Waals surface area (Å²) in [5, 5.41) is 0. The van der Waals surface area contributed by atoms with E-state index in [9.17, 15) is 0 Å². The van der Waals surface area contributed by atoms with Gasteiger partial charge in [-0.3, -0.25) is 5.43 Å². The van der Waals surface area contributed by atoms with Gasteiger partial charge in [-0.1, -0.05) is 18.2 Å². The largest absolute Gasteiger partial charge is 0.467 e. The van der Waals surface area contributed by atoms with Crippen LogP contribution in [0.15, 0.2) is 58.1 Å². The molecule has 5 heteroatoms. The van der Waals surface area contributed by atoms with E-state index in [-0.39, 0.29) is 0 Å². The average molecular weight is 244 g/mol. The van der Waals surface area contributed by atoms with Crippen LogP contribution >= 0.6 is 0 Å². The lowest BCUT2D eigenvalue weighted by Crippen LogP contribution is -2.42. The van der Waals surface area contributed by atoms with Gasteiger partial charge in [-0.25, -0.2) is 10.8 Å². The first-order chi connectivity index (χ1) is 8.79. The summed E-state index contributed by atoms with van der Waals surface area (Å²) in [6, 6.07) is 13.4. The molecule has 0 unspecified atom stereocenters. The summed E-state index contributed by atoms with van der Waals surface area (Å²) in [5.41, 5.74) is 3.44. The second-order valence-corrected chi connectivity index (χ2v) is 3.85. The molecule has 2 aromatic rings. The molecule has 94 valence electrons. The third-order valence-electron chi connectivity index (χ3n) is 2.45. The Kier molecular flexibility index (Phi) is 3.98. The Morgan fingerprint density at radius 1 is 1.28 bits per heavy atom. The highest BCUT2D eigenvalue weighted by Crippen LogP contribution is 2.11. The first kappa shape index (κ1) is 12.2. The van der Waals surface area contributed by atoms with E-state index in [2.05, 4.69) is 10.4 Å². The number of hydrazine groups is 1. The zero-order valence-electron chi connectivity index (χ0n) is 10.2. The van der Waals surface area contributed by atoms with Gasteiger partial charge in [0, 0.05) is 7.05 Å². The summed E-state index contributed by atoms with van der Waals surface area (Å²) in [7, 11) is 1.89. The SMILES string of the molecule is CN(Cc1ccco1)C(=Nc1ccccc1)NN. The minimum absolute atomic E-state index is 0.581. The van der Waals surface area contributed by atoms with E-state index >= 15 is 0 Å². The van der Waals surface area contributed by atoms with Crippen LogP contribution in [0.25, 0.3) is 0 Å². The average Bonchev–Trinajstić information content (AvgIpc) is 2.90. The molecule has 1 aromatic heterocycles. The molecule has 0 amide bonds. The molecule has 0 radical (unpaired) electrons. The van der Waals surface area contributed by atoms with Crippen molar-refractivity contribution in [3.63, 3.8) is 0 Å². The highest BCUT2D eigenvalue weighted by molar-refractivity contribution is 5.81. The molecule has 0 aliphatic rings. The molecule has 5 nitrogen and oxygen atoms in total. The first-order valence-electron chi connectivity index (χ1n) is 5.63. The third kappa shape index (κ3) is 3.11. The van der Waals surface area contributed by atoms with Crippen molar-refractivity contribution in [1.82, 2.24) is 10.3 Å². The van der Waals surface area contributed by atoms with Crippen LogP contribution in [0.3, 0.4) is 0 Å². The lowest BCUT2D eigenvalue weighted by molar-refractivity contribution is 0.401. The van der Waals surface area contributed by atoms with E-state index in [0.717, 1.165) is 11.4 Å². The van der Waals surface area contributed by atoms with Crippen LogP contribution in [0.4, 0.5) is 5.69 Å². The predicted octanol–water partition coefficient (Wildman–Crippen LogP) is 1.86. The van der Waals surface area contributed by atoms with Crippen LogP contribution in [-0.4, -0.2) is 17.9 Å².